The summed E-state index contributed by atoms with van der Waals surface area (Å²) in [5, 5.41) is 1.67. The zero-order valence-corrected chi connectivity index (χ0v) is 28.8. The molecule has 0 spiro atoms. The fourth-order valence-corrected chi connectivity index (χ4v) is 5.34. The van der Waals surface area contributed by atoms with Gasteiger partial charge >= 0.3 is 0 Å². The Morgan fingerprint density at radius 2 is 1.59 bits per heavy atom. The number of rotatable bonds is 4. The molecular formula is C41H37IrN3O-2. The van der Waals surface area contributed by atoms with Crippen molar-refractivity contribution in [3.63, 3.8) is 0 Å². The predicted octanol–water partition coefficient (Wildman–Crippen LogP) is 10.6. The fraction of sp³-hybridized carbons (Fsp3) is 0.195. The molecule has 1 radical (unpaired) electrons. The van der Waals surface area contributed by atoms with Crippen molar-refractivity contribution in [2.45, 2.75) is 47.8 Å². The van der Waals surface area contributed by atoms with E-state index in [9.17, 15) is 0 Å². The van der Waals surface area contributed by atoms with Crippen LogP contribution in [-0.4, -0.2) is 15.0 Å². The van der Waals surface area contributed by atoms with Crippen molar-refractivity contribution in [3.05, 3.63) is 138 Å². The van der Waals surface area contributed by atoms with E-state index in [1.165, 1.54) is 12.3 Å². The van der Waals surface area contributed by atoms with E-state index in [2.05, 4.69) is 48.1 Å². The third kappa shape index (κ3) is 7.17. The summed E-state index contributed by atoms with van der Waals surface area (Å²) in [6, 6.07) is 35.3. The standard InChI is InChI=1S/C30H29N2O.C11H8N.Ir/c1-18-9-7-10-19(2)27(18)25-14-13-23-22-11-8-12-24(28(22)33-29(23)32-25)26-15-21(16-30(4,5)6)20(3)17-31-26;1-2-6-10(7-3-1)11-8-4-5-9-12-11;/h7-11,13-15,17H,16H2,1-6H3;1-6,8-9H;/q2*-1;/i3D3,16D2;;. The molecule has 4 nitrogen and oxygen atoms in total. The number of benzene rings is 3. The van der Waals surface area contributed by atoms with Gasteiger partial charge in [0, 0.05) is 50.3 Å². The van der Waals surface area contributed by atoms with Crippen molar-refractivity contribution >= 4 is 22.1 Å². The number of pyridine rings is 3. The Labute approximate surface area is 292 Å². The number of nitrogens with zero attached hydrogens (tertiary/aromatic N) is 3. The van der Waals surface area contributed by atoms with Crippen LogP contribution in [0, 0.1) is 38.2 Å². The van der Waals surface area contributed by atoms with Gasteiger partial charge in [-0.2, -0.15) is 0 Å². The average Bonchev–Trinajstić information content (AvgIpc) is 3.46. The van der Waals surface area contributed by atoms with Crippen LogP contribution in [0.25, 0.3) is 55.8 Å². The number of aromatic nitrogens is 3. The van der Waals surface area contributed by atoms with Crippen molar-refractivity contribution < 1.29 is 31.4 Å². The normalized spacial score (nSPS) is 13.4. The Morgan fingerprint density at radius 1 is 0.783 bits per heavy atom. The summed E-state index contributed by atoms with van der Waals surface area (Å²) in [6.45, 7) is 6.86. The van der Waals surface area contributed by atoms with Gasteiger partial charge in [-0.25, -0.2) is 4.98 Å². The number of aryl methyl sites for hydroxylation is 3. The van der Waals surface area contributed by atoms with Gasteiger partial charge < -0.3 is 14.4 Å². The van der Waals surface area contributed by atoms with Gasteiger partial charge in [-0.3, -0.25) is 0 Å². The Kier molecular flexibility index (Phi) is 8.09. The van der Waals surface area contributed by atoms with E-state index in [1.807, 2.05) is 66.7 Å². The van der Waals surface area contributed by atoms with Gasteiger partial charge in [0.1, 0.15) is 0 Å². The monoisotopic (exact) mass is 785 g/mol. The molecule has 4 aromatic heterocycles. The summed E-state index contributed by atoms with van der Waals surface area (Å²) in [4.78, 5) is 13.5. The van der Waals surface area contributed by atoms with E-state index < -0.39 is 18.6 Å². The molecule has 7 aromatic rings. The van der Waals surface area contributed by atoms with Crippen LogP contribution in [0.4, 0.5) is 0 Å². The Balaban J connectivity index is 0.000000327. The van der Waals surface area contributed by atoms with Crippen LogP contribution < -0.4 is 0 Å². The van der Waals surface area contributed by atoms with Crippen molar-refractivity contribution in [2.75, 3.05) is 0 Å². The van der Waals surface area contributed by atoms with Crippen LogP contribution in [0.2, 0.25) is 0 Å². The minimum atomic E-state index is -2.51. The van der Waals surface area contributed by atoms with E-state index in [1.54, 1.807) is 33.0 Å². The molecule has 0 fully saturated rings. The van der Waals surface area contributed by atoms with Gasteiger partial charge in [0.15, 0.2) is 0 Å². The Bertz CT molecular complexity index is 2240. The van der Waals surface area contributed by atoms with Crippen molar-refractivity contribution in [1.82, 2.24) is 15.0 Å². The van der Waals surface area contributed by atoms with Gasteiger partial charge in [-0.1, -0.05) is 73.7 Å². The topological polar surface area (TPSA) is 51.8 Å². The van der Waals surface area contributed by atoms with Crippen molar-refractivity contribution in [1.29, 1.82) is 0 Å². The van der Waals surface area contributed by atoms with Crippen LogP contribution in [0.15, 0.2) is 108 Å². The van der Waals surface area contributed by atoms with E-state index in [4.69, 9.17) is 16.3 Å². The molecule has 0 N–H and O–H groups in total. The van der Waals surface area contributed by atoms with Crippen LogP contribution in [-0.2, 0) is 26.5 Å². The van der Waals surface area contributed by atoms with Crippen LogP contribution in [0.1, 0.15) is 49.9 Å². The van der Waals surface area contributed by atoms with Crippen molar-refractivity contribution in [3.8, 4) is 33.8 Å². The van der Waals surface area contributed by atoms with Gasteiger partial charge in [0.05, 0.1) is 11.3 Å². The molecule has 0 unspecified atom stereocenters. The van der Waals surface area contributed by atoms with Gasteiger partial charge in [0.2, 0.25) is 5.71 Å². The summed E-state index contributed by atoms with van der Waals surface area (Å²) in [6.07, 6.45) is 1.11. The van der Waals surface area contributed by atoms with E-state index in [0.29, 0.717) is 22.6 Å². The summed E-state index contributed by atoms with van der Waals surface area (Å²) < 4.78 is 47.9. The maximum atomic E-state index is 8.83. The number of hydrogen-bond donors (Lipinski definition) is 0. The molecule has 233 valence electrons. The zero-order chi connectivity index (χ0) is 35.8. The Hall–Kier alpha value is -4.44. The van der Waals surface area contributed by atoms with E-state index in [0.717, 1.165) is 44.4 Å². The van der Waals surface area contributed by atoms with Crippen LogP contribution in [0.3, 0.4) is 0 Å². The molecule has 3 aromatic carbocycles. The first-order valence-electron chi connectivity index (χ1n) is 17.4. The zero-order valence-electron chi connectivity index (χ0n) is 31.4. The van der Waals surface area contributed by atoms with Crippen LogP contribution >= 0.6 is 0 Å². The van der Waals surface area contributed by atoms with Gasteiger partial charge in [-0.15, -0.1) is 54.1 Å². The largest absolute Gasteiger partial charge is 0.486 e. The maximum Gasteiger partial charge on any atom is 0.216 e. The summed E-state index contributed by atoms with van der Waals surface area (Å²) in [5.41, 5.74) is 7.20. The number of hydrogen-bond acceptors (Lipinski definition) is 4. The fourth-order valence-electron chi connectivity index (χ4n) is 5.34. The second-order valence-electron chi connectivity index (χ2n) is 12.0. The first kappa shape index (κ1) is 26.7. The van der Waals surface area contributed by atoms with Crippen LogP contribution in [0.5, 0.6) is 0 Å². The minimum absolute atomic E-state index is 0. The van der Waals surface area contributed by atoms with E-state index >= 15 is 0 Å². The quantitative estimate of drug-likeness (QED) is 0.167. The summed E-state index contributed by atoms with van der Waals surface area (Å²) in [5.74, 6) is 0. The molecule has 0 aliphatic carbocycles. The molecule has 0 atom stereocenters. The molecular weight excluding hydrogens is 743 g/mol. The summed E-state index contributed by atoms with van der Waals surface area (Å²) >= 11 is 0. The molecule has 7 rings (SSSR count). The first-order chi connectivity index (χ1) is 23.7. The molecule has 0 saturated carbocycles. The van der Waals surface area contributed by atoms with Crippen molar-refractivity contribution in [2.24, 2.45) is 5.41 Å². The van der Waals surface area contributed by atoms with Gasteiger partial charge in [0.25, 0.3) is 0 Å². The molecule has 5 heteroatoms. The molecule has 0 aliphatic rings. The average molecular weight is 785 g/mol. The molecule has 0 aliphatic heterocycles. The Morgan fingerprint density at radius 3 is 2.28 bits per heavy atom. The van der Waals surface area contributed by atoms with E-state index in [-0.39, 0.29) is 31.2 Å². The third-order valence-electron chi connectivity index (χ3n) is 7.36. The SMILES string of the molecule is [2H]C([2H])([2H])c1cnc(-c2[c-]ccc3c2oc2nc(-c4c(C)cccc4C)ccc23)cc1C([2H])([2H])C(C)(C)C.[Ir].[c-]1ccccc1-c1ccccn1. The molecule has 46 heavy (non-hydrogen) atoms. The smallest absolute Gasteiger partial charge is 0.216 e. The van der Waals surface area contributed by atoms with Gasteiger partial charge in [-0.05, 0) is 78.8 Å². The molecule has 4 heterocycles. The first-order valence-corrected chi connectivity index (χ1v) is 14.9. The molecule has 0 bridgehead atoms. The second-order valence-corrected chi connectivity index (χ2v) is 12.0. The number of fused-ring (bicyclic) bond motifs is 3. The number of furan rings is 1. The molecule has 0 saturated heterocycles. The summed E-state index contributed by atoms with van der Waals surface area (Å²) in [7, 11) is 0. The second kappa shape index (κ2) is 13.9. The third-order valence-corrected chi connectivity index (χ3v) is 7.36. The minimum Gasteiger partial charge on any atom is -0.486 e. The molecule has 0 amide bonds. The predicted molar refractivity (Wildman–Crippen MR) is 185 cm³/mol. The maximum absolute atomic E-state index is 8.83.